The topological polar surface area (TPSA) is 63.5 Å². The van der Waals surface area contributed by atoms with Crippen molar-refractivity contribution in [2.24, 2.45) is 0 Å². The van der Waals surface area contributed by atoms with Crippen LogP contribution in [0.25, 0.3) is 6.08 Å². The number of ether oxygens (including phenoxy) is 1. The molecule has 170 valence electrons. The Hall–Kier alpha value is -2.64. The third kappa shape index (κ3) is 4.70. The number of esters is 1. The van der Waals surface area contributed by atoms with Gasteiger partial charge in [0.05, 0.1) is 29.7 Å². The third-order valence-corrected chi connectivity index (χ3v) is 7.98. The second kappa shape index (κ2) is 9.31. The fourth-order valence-electron chi connectivity index (χ4n) is 3.79. The number of aryl methyl sites for hydroxylation is 1. The van der Waals surface area contributed by atoms with Crippen molar-refractivity contribution in [1.29, 1.82) is 0 Å². The van der Waals surface area contributed by atoms with Crippen LogP contribution in [-0.2, 0) is 19.6 Å². The van der Waals surface area contributed by atoms with E-state index in [1.165, 1.54) is 11.4 Å². The van der Waals surface area contributed by atoms with E-state index >= 15 is 0 Å². The Bertz CT molecular complexity index is 1320. The fourth-order valence-corrected chi connectivity index (χ4v) is 5.89. The zero-order chi connectivity index (χ0) is 23.8. The third-order valence-electron chi connectivity index (χ3n) is 5.51. The normalized spacial score (nSPS) is 20.4. The second-order valence-electron chi connectivity index (χ2n) is 7.70. The Morgan fingerprint density at radius 1 is 0.970 bits per heavy atom. The molecule has 1 heterocycles. The predicted octanol–water partition coefficient (Wildman–Crippen LogP) is 5.67. The molecule has 0 amide bonds. The van der Waals surface area contributed by atoms with Crippen molar-refractivity contribution in [2.75, 3.05) is 7.11 Å². The maximum Gasteiger partial charge on any atom is 0.335 e. The van der Waals surface area contributed by atoms with Gasteiger partial charge in [0.25, 0.3) is 0 Å². The molecular weight excluding hydrogens is 481 g/mol. The van der Waals surface area contributed by atoms with Gasteiger partial charge in [-0.3, -0.25) is 0 Å². The lowest BCUT2D eigenvalue weighted by atomic mass is 10.0. The van der Waals surface area contributed by atoms with Crippen LogP contribution in [0.3, 0.4) is 0 Å². The SMILES string of the molecule is COC(=O)/C(=C/c1ccc(Cl)cc1)[C@@H]1[C@H](c2ccccc2Cl)N1S(=O)(=O)c1ccc(C)cc1. The monoisotopic (exact) mass is 501 g/mol. The smallest absolute Gasteiger partial charge is 0.335 e. The van der Waals surface area contributed by atoms with E-state index in [1.807, 2.05) is 6.92 Å². The summed E-state index contributed by atoms with van der Waals surface area (Å²) in [5.41, 5.74) is 2.46. The van der Waals surface area contributed by atoms with Crippen LogP contribution in [0.2, 0.25) is 10.0 Å². The molecule has 1 aliphatic rings. The van der Waals surface area contributed by atoms with Gasteiger partial charge in [-0.1, -0.05) is 71.2 Å². The molecular formula is C25H21Cl2NO4S. The average Bonchev–Trinajstić information content (AvgIpc) is 3.55. The molecule has 5 nitrogen and oxygen atoms in total. The van der Waals surface area contributed by atoms with E-state index in [0.29, 0.717) is 21.2 Å². The van der Waals surface area contributed by atoms with Gasteiger partial charge < -0.3 is 4.74 Å². The van der Waals surface area contributed by atoms with Crippen molar-refractivity contribution in [3.63, 3.8) is 0 Å². The molecule has 3 atom stereocenters. The summed E-state index contributed by atoms with van der Waals surface area (Å²) >= 11 is 12.4. The molecule has 3 aromatic rings. The molecule has 0 aromatic heterocycles. The summed E-state index contributed by atoms with van der Waals surface area (Å²) in [6.07, 6.45) is 1.63. The van der Waals surface area contributed by atoms with Gasteiger partial charge >= 0.3 is 5.97 Å². The fraction of sp³-hybridized carbons (Fsp3) is 0.160. The standard InChI is InChI=1S/C25H21Cl2NO4S/c1-16-7-13-19(14-8-16)33(30,31)28-23(20-5-3-4-6-22(20)27)24(28)21(25(29)32-2)15-17-9-11-18(26)12-10-17/h3-15,23-24H,1-2H3/b21-15+/t23-,24+,28?/m0/s1. The highest BCUT2D eigenvalue weighted by atomic mass is 35.5. The minimum Gasteiger partial charge on any atom is -0.466 e. The number of benzene rings is 3. The van der Waals surface area contributed by atoms with E-state index < -0.39 is 28.1 Å². The highest BCUT2D eigenvalue weighted by Crippen LogP contribution is 2.53. The molecule has 1 unspecified atom stereocenters. The maximum absolute atomic E-state index is 13.6. The lowest BCUT2D eigenvalue weighted by molar-refractivity contribution is -0.136. The van der Waals surface area contributed by atoms with Crippen molar-refractivity contribution in [1.82, 2.24) is 4.31 Å². The molecule has 8 heteroatoms. The minimum absolute atomic E-state index is 0.142. The number of carbonyl (C=O) groups is 1. The lowest BCUT2D eigenvalue weighted by Crippen LogP contribution is -2.19. The second-order valence-corrected chi connectivity index (χ2v) is 10.4. The molecule has 33 heavy (non-hydrogen) atoms. The Kier molecular flexibility index (Phi) is 6.64. The average molecular weight is 502 g/mol. The maximum atomic E-state index is 13.6. The van der Waals surface area contributed by atoms with Gasteiger partial charge in [-0.2, -0.15) is 4.31 Å². The zero-order valence-electron chi connectivity index (χ0n) is 17.9. The van der Waals surface area contributed by atoms with E-state index in [-0.39, 0.29) is 10.5 Å². The van der Waals surface area contributed by atoms with E-state index in [1.54, 1.807) is 78.9 Å². The number of hydrogen-bond acceptors (Lipinski definition) is 4. The number of methoxy groups -OCH3 is 1. The van der Waals surface area contributed by atoms with Gasteiger partial charge in [0.15, 0.2) is 0 Å². The van der Waals surface area contributed by atoms with Crippen LogP contribution in [0.1, 0.15) is 22.7 Å². The molecule has 4 rings (SSSR count). The van der Waals surface area contributed by atoms with E-state index in [4.69, 9.17) is 27.9 Å². The van der Waals surface area contributed by atoms with Gasteiger partial charge in [0, 0.05) is 10.0 Å². The van der Waals surface area contributed by atoms with Crippen molar-refractivity contribution >= 4 is 45.3 Å². The number of rotatable bonds is 6. The van der Waals surface area contributed by atoms with Gasteiger partial charge in [-0.25, -0.2) is 13.2 Å². The van der Waals surface area contributed by atoms with Crippen LogP contribution in [0.15, 0.2) is 83.3 Å². The summed E-state index contributed by atoms with van der Waals surface area (Å²) in [4.78, 5) is 13.0. The molecule has 0 saturated carbocycles. The molecule has 0 N–H and O–H groups in total. The van der Waals surface area contributed by atoms with Crippen LogP contribution >= 0.6 is 23.2 Å². The zero-order valence-corrected chi connectivity index (χ0v) is 20.2. The first-order valence-corrected chi connectivity index (χ1v) is 12.3. The molecule has 0 spiro atoms. The van der Waals surface area contributed by atoms with Crippen LogP contribution < -0.4 is 0 Å². The number of sulfonamides is 1. The Labute approximate surface area is 203 Å². The number of nitrogens with zero attached hydrogens (tertiary/aromatic N) is 1. The summed E-state index contributed by atoms with van der Waals surface area (Å²) in [7, 11) is -2.66. The molecule has 0 aliphatic carbocycles. The number of carbonyl (C=O) groups excluding carboxylic acids is 1. The summed E-state index contributed by atoms with van der Waals surface area (Å²) in [5.74, 6) is -0.617. The Morgan fingerprint density at radius 2 is 1.61 bits per heavy atom. The van der Waals surface area contributed by atoms with Crippen molar-refractivity contribution in [2.45, 2.75) is 23.9 Å². The number of halogens is 2. The van der Waals surface area contributed by atoms with Gasteiger partial charge in [-0.15, -0.1) is 0 Å². The Balaban J connectivity index is 1.84. The molecule has 1 fully saturated rings. The number of hydrogen-bond donors (Lipinski definition) is 0. The highest BCUT2D eigenvalue weighted by Gasteiger charge is 2.60. The summed E-state index contributed by atoms with van der Waals surface area (Å²) in [6.45, 7) is 1.88. The van der Waals surface area contributed by atoms with Crippen LogP contribution in [-0.4, -0.2) is 31.8 Å². The van der Waals surface area contributed by atoms with Crippen molar-refractivity contribution in [3.05, 3.63) is 105 Å². The van der Waals surface area contributed by atoms with E-state index in [2.05, 4.69) is 0 Å². The molecule has 1 aliphatic heterocycles. The summed E-state index contributed by atoms with van der Waals surface area (Å²) in [6, 6.07) is 19.1. The molecule has 1 saturated heterocycles. The van der Waals surface area contributed by atoms with Gasteiger partial charge in [0.1, 0.15) is 0 Å². The first kappa shape index (κ1) is 23.5. The molecule has 0 radical (unpaired) electrons. The van der Waals surface area contributed by atoms with E-state index in [9.17, 15) is 13.2 Å². The quantitative estimate of drug-likeness (QED) is 0.248. The van der Waals surface area contributed by atoms with Crippen molar-refractivity contribution in [3.8, 4) is 0 Å². The lowest BCUT2D eigenvalue weighted by Gasteiger charge is -2.09. The minimum atomic E-state index is -3.93. The van der Waals surface area contributed by atoms with E-state index in [0.717, 1.165) is 5.56 Å². The molecule has 3 aromatic carbocycles. The first-order valence-electron chi connectivity index (χ1n) is 10.1. The van der Waals surface area contributed by atoms with Crippen LogP contribution in [0.5, 0.6) is 0 Å². The highest BCUT2D eigenvalue weighted by molar-refractivity contribution is 7.89. The van der Waals surface area contributed by atoms with Gasteiger partial charge in [-0.05, 0) is 54.5 Å². The summed E-state index contributed by atoms with van der Waals surface area (Å²) < 4.78 is 33.5. The van der Waals surface area contributed by atoms with Crippen LogP contribution in [0, 0.1) is 6.92 Å². The van der Waals surface area contributed by atoms with Gasteiger partial charge in [0.2, 0.25) is 10.0 Å². The largest absolute Gasteiger partial charge is 0.466 e. The molecule has 0 bridgehead atoms. The Morgan fingerprint density at radius 3 is 2.21 bits per heavy atom. The first-order chi connectivity index (χ1) is 15.7. The van der Waals surface area contributed by atoms with Crippen LogP contribution in [0.4, 0.5) is 0 Å². The van der Waals surface area contributed by atoms with Crippen molar-refractivity contribution < 1.29 is 17.9 Å². The predicted molar refractivity (Wildman–Crippen MR) is 130 cm³/mol. The summed E-state index contributed by atoms with van der Waals surface area (Å²) in [5, 5.41) is 0.973.